The average Bonchev–Trinajstić information content (AvgIpc) is 2.49. The minimum absolute atomic E-state index is 0.179. The summed E-state index contributed by atoms with van der Waals surface area (Å²) in [5.74, 6) is -0.256. The Labute approximate surface area is 133 Å². The zero-order chi connectivity index (χ0) is 15.2. The number of halogens is 2. The number of rotatable bonds is 5. The minimum Gasteiger partial charge on any atom is -0.380 e. The summed E-state index contributed by atoms with van der Waals surface area (Å²) in [4.78, 5) is 15.9. The second-order valence-electron chi connectivity index (χ2n) is 4.38. The van der Waals surface area contributed by atoms with Crippen LogP contribution in [0.4, 0.5) is 0 Å². The molecule has 0 bridgehead atoms. The Morgan fingerprint density at radius 3 is 2.67 bits per heavy atom. The maximum Gasteiger partial charge on any atom is 0.253 e. The third-order valence-electron chi connectivity index (χ3n) is 2.92. The van der Waals surface area contributed by atoms with Gasteiger partial charge in [0.25, 0.3) is 5.91 Å². The first-order valence-electron chi connectivity index (χ1n) is 6.26. The van der Waals surface area contributed by atoms with E-state index in [-0.39, 0.29) is 16.1 Å². The average molecular weight is 325 g/mol. The van der Waals surface area contributed by atoms with E-state index in [4.69, 9.17) is 27.9 Å². The van der Waals surface area contributed by atoms with Crippen molar-refractivity contribution in [2.75, 3.05) is 7.11 Å². The number of hydrogen-bond acceptors (Lipinski definition) is 3. The van der Waals surface area contributed by atoms with Gasteiger partial charge in [-0.3, -0.25) is 4.79 Å². The van der Waals surface area contributed by atoms with Crippen molar-refractivity contribution in [3.05, 3.63) is 63.4 Å². The van der Waals surface area contributed by atoms with E-state index in [0.717, 1.165) is 11.1 Å². The van der Waals surface area contributed by atoms with Crippen LogP contribution >= 0.6 is 23.2 Å². The summed E-state index contributed by atoms with van der Waals surface area (Å²) in [6.07, 6.45) is 1.39. The maximum absolute atomic E-state index is 12.1. The van der Waals surface area contributed by atoms with Gasteiger partial charge in [-0.1, -0.05) is 47.5 Å². The van der Waals surface area contributed by atoms with Crippen LogP contribution in [0, 0.1) is 0 Å². The molecule has 1 N–H and O–H groups in total. The van der Waals surface area contributed by atoms with Crippen molar-refractivity contribution in [2.45, 2.75) is 13.2 Å². The van der Waals surface area contributed by atoms with Gasteiger partial charge in [-0.15, -0.1) is 0 Å². The van der Waals surface area contributed by atoms with Crippen LogP contribution in [0.3, 0.4) is 0 Å². The summed E-state index contributed by atoms with van der Waals surface area (Å²) < 4.78 is 5.13. The Morgan fingerprint density at radius 1 is 1.29 bits per heavy atom. The number of benzene rings is 1. The van der Waals surface area contributed by atoms with Gasteiger partial charge in [0.1, 0.15) is 5.15 Å². The highest BCUT2D eigenvalue weighted by molar-refractivity contribution is 6.41. The first-order chi connectivity index (χ1) is 10.1. The molecular formula is C15H14Cl2N2O2. The van der Waals surface area contributed by atoms with Gasteiger partial charge in [0.2, 0.25) is 0 Å². The summed E-state index contributed by atoms with van der Waals surface area (Å²) in [6.45, 7) is 0.902. The number of pyridine rings is 1. The number of hydrogen-bond donors (Lipinski definition) is 1. The third-order valence-corrected chi connectivity index (χ3v) is 3.60. The molecule has 1 aromatic heterocycles. The van der Waals surface area contributed by atoms with Crippen LogP contribution < -0.4 is 5.32 Å². The summed E-state index contributed by atoms with van der Waals surface area (Å²) in [7, 11) is 1.64. The van der Waals surface area contributed by atoms with Crippen LogP contribution in [-0.4, -0.2) is 18.0 Å². The molecule has 0 saturated heterocycles. The highest BCUT2D eigenvalue weighted by Gasteiger charge is 2.10. The Morgan fingerprint density at radius 2 is 2.00 bits per heavy atom. The minimum atomic E-state index is -0.256. The molecule has 2 rings (SSSR count). The molecule has 1 heterocycles. The quantitative estimate of drug-likeness (QED) is 0.857. The van der Waals surface area contributed by atoms with Crippen LogP contribution in [0.2, 0.25) is 10.2 Å². The molecule has 0 atom stereocenters. The van der Waals surface area contributed by atoms with E-state index in [2.05, 4.69) is 10.3 Å². The molecule has 21 heavy (non-hydrogen) atoms. The van der Waals surface area contributed by atoms with Gasteiger partial charge in [-0.05, 0) is 17.2 Å². The fourth-order valence-electron chi connectivity index (χ4n) is 1.85. The second-order valence-corrected chi connectivity index (χ2v) is 5.15. The van der Waals surface area contributed by atoms with Crippen molar-refractivity contribution in [3.8, 4) is 0 Å². The molecular weight excluding hydrogens is 311 g/mol. The van der Waals surface area contributed by atoms with E-state index in [9.17, 15) is 4.79 Å². The molecule has 0 unspecified atom stereocenters. The summed E-state index contributed by atoms with van der Waals surface area (Å²) in [5, 5.41) is 3.26. The largest absolute Gasteiger partial charge is 0.380 e. The zero-order valence-electron chi connectivity index (χ0n) is 11.4. The fraction of sp³-hybridized carbons (Fsp3) is 0.200. The molecule has 1 aromatic carbocycles. The van der Waals surface area contributed by atoms with Gasteiger partial charge in [-0.25, -0.2) is 4.98 Å². The SMILES string of the molecule is COCc1ccccc1CNC(=O)c1cnc(Cl)c(Cl)c1. The molecule has 6 heteroatoms. The number of nitrogens with one attached hydrogen (secondary N) is 1. The Bertz CT molecular complexity index is 647. The van der Waals surface area contributed by atoms with Crippen molar-refractivity contribution < 1.29 is 9.53 Å². The number of amides is 1. The van der Waals surface area contributed by atoms with Gasteiger partial charge in [0.15, 0.2) is 0 Å². The summed E-state index contributed by atoms with van der Waals surface area (Å²) in [6, 6.07) is 9.25. The van der Waals surface area contributed by atoms with Crippen molar-refractivity contribution >= 4 is 29.1 Å². The van der Waals surface area contributed by atoms with E-state index in [1.54, 1.807) is 7.11 Å². The highest BCUT2D eigenvalue weighted by atomic mass is 35.5. The van der Waals surface area contributed by atoms with E-state index >= 15 is 0 Å². The number of aromatic nitrogens is 1. The molecule has 0 aliphatic carbocycles. The van der Waals surface area contributed by atoms with Crippen molar-refractivity contribution in [3.63, 3.8) is 0 Å². The van der Waals surface area contributed by atoms with Crippen molar-refractivity contribution in [2.24, 2.45) is 0 Å². The van der Waals surface area contributed by atoms with E-state index in [1.807, 2.05) is 24.3 Å². The molecule has 0 saturated carbocycles. The van der Waals surface area contributed by atoms with Crippen LogP contribution in [0.15, 0.2) is 36.5 Å². The van der Waals surface area contributed by atoms with E-state index in [1.165, 1.54) is 12.3 Å². The lowest BCUT2D eigenvalue weighted by atomic mass is 10.1. The van der Waals surface area contributed by atoms with Crippen LogP contribution in [0.5, 0.6) is 0 Å². The summed E-state index contributed by atoms with van der Waals surface area (Å²) >= 11 is 11.6. The predicted octanol–water partition coefficient (Wildman–Crippen LogP) is 3.46. The molecule has 0 fully saturated rings. The van der Waals surface area contributed by atoms with Gasteiger partial charge in [0.05, 0.1) is 17.2 Å². The number of ether oxygens (including phenoxy) is 1. The molecule has 0 aliphatic rings. The van der Waals surface area contributed by atoms with Crippen LogP contribution in [-0.2, 0) is 17.9 Å². The number of methoxy groups -OCH3 is 1. The first kappa shape index (κ1) is 15.8. The summed E-state index contributed by atoms with van der Waals surface area (Å²) in [5.41, 5.74) is 2.40. The maximum atomic E-state index is 12.1. The third kappa shape index (κ3) is 4.17. The second kappa shape index (κ2) is 7.41. The number of carbonyl (C=O) groups excluding carboxylic acids is 1. The topological polar surface area (TPSA) is 51.2 Å². The molecule has 4 nitrogen and oxygen atoms in total. The van der Waals surface area contributed by atoms with Gasteiger partial charge in [-0.2, -0.15) is 0 Å². The number of nitrogens with zero attached hydrogens (tertiary/aromatic N) is 1. The van der Waals surface area contributed by atoms with E-state index < -0.39 is 0 Å². The molecule has 2 aromatic rings. The predicted molar refractivity (Wildman–Crippen MR) is 82.6 cm³/mol. The molecule has 0 spiro atoms. The molecule has 0 radical (unpaired) electrons. The highest BCUT2D eigenvalue weighted by Crippen LogP contribution is 2.19. The number of carbonyl (C=O) groups is 1. The Balaban J connectivity index is 2.05. The van der Waals surface area contributed by atoms with Gasteiger partial charge in [0, 0.05) is 19.9 Å². The lowest BCUT2D eigenvalue weighted by molar-refractivity contribution is 0.0950. The standard InChI is InChI=1S/C15H14Cl2N2O2/c1-21-9-11-5-3-2-4-10(11)7-19-15(20)12-6-13(16)14(17)18-8-12/h2-6,8H,7,9H2,1H3,(H,19,20). The van der Waals surface area contributed by atoms with Crippen LogP contribution in [0.1, 0.15) is 21.5 Å². The van der Waals surface area contributed by atoms with Gasteiger partial charge >= 0.3 is 0 Å². The normalized spacial score (nSPS) is 10.4. The fourth-order valence-corrected chi connectivity index (χ4v) is 2.12. The lowest BCUT2D eigenvalue weighted by Gasteiger charge is -2.10. The van der Waals surface area contributed by atoms with Crippen molar-refractivity contribution in [1.29, 1.82) is 0 Å². The van der Waals surface area contributed by atoms with Crippen molar-refractivity contribution in [1.82, 2.24) is 10.3 Å². The molecule has 0 aliphatic heterocycles. The first-order valence-corrected chi connectivity index (χ1v) is 7.02. The smallest absolute Gasteiger partial charge is 0.253 e. The molecule has 110 valence electrons. The molecule has 1 amide bonds. The monoisotopic (exact) mass is 324 g/mol. The lowest BCUT2D eigenvalue weighted by Crippen LogP contribution is -2.23. The van der Waals surface area contributed by atoms with E-state index in [0.29, 0.717) is 18.7 Å². The van der Waals surface area contributed by atoms with Crippen LogP contribution in [0.25, 0.3) is 0 Å². The van der Waals surface area contributed by atoms with Gasteiger partial charge < -0.3 is 10.1 Å². The Kier molecular flexibility index (Phi) is 5.56. The zero-order valence-corrected chi connectivity index (χ0v) is 12.9. The Hall–Kier alpha value is -1.62.